The summed E-state index contributed by atoms with van der Waals surface area (Å²) in [5, 5.41) is 8.76. The van der Waals surface area contributed by atoms with Crippen LogP contribution in [0.1, 0.15) is 25.7 Å². The molecule has 1 saturated carbocycles. The van der Waals surface area contributed by atoms with Gasteiger partial charge in [-0.1, -0.05) is 0 Å². The molecular weight excluding hydrogens is 218 g/mol. The highest BCUT2D eigenvalue weighted by Gasteiger charge is 2.50. The third-order valence-electron chi connectivity index (χ3n) is 3.67. The van der Waals surface area contributed by atoms with Gasteiger partial charge in [0.05, 0.1) is 17.9 Å². The molecule has 2 amide bonds. The highest BCUT2D eigenvalue weighted by molar-refractivity contribution is 5.96. The molecule has 1 radical (unpaired) electrons. The summed E-state index contributed by atoms with van der Waals surface area (Å²) < 4.78 is 0. The first kappa shape index (κ1) is 11.9. The van der Waals surface area contributed by atoms with Crippen LogP contribution in [0.5, 0.6) is 0 Å². The smallest absolute Gasteiger partial charge is 0.227 e. The Balaban J connectivity index is 1.86. The van der Waals surface area contributed by atoms with Crippen LogP contribution in [0.15, 0.2) is 0 Å². The molecule has 1 aliphatic carbocycles. The fourth-order valence-electron chi connectivity index (χ4n) is 2.15. The van der Waals surface area contributed by atoms with Crippen molar-refractivity contribution in [3.05, 3.63) is 6.42 Å². The van der Waals surface area contributed by atoms with Crippen molar-refractivity contribution in [3.63, 3.8) is 0 Å². The van der Waals surface area contributed by atoms with Crippen LogP contribution in [0.25, 0.3) is 0 Å². The van der Waals surface area contributed by atoms with E-state index in [-0.39, 0.29) is 11.8 Å². The van der Waals surface area contributed by atoms with Crippen LogP contribution in [0.3, 0.4) is 0 Å². The monoisotopic (exact) mass is 234 g/mol. The standard InChI is InChI=1S/C12H16N3O2/c13-8-9-1-5-15(6-2-9)10(16)7-12(3-4-12)11(14)17/h7,9H,1-6H2,(H2,14,17). The van der Waals surface area contributed by atoms with Gasteiger partial charge in [-0.3, -0.25) is 9.59 Å². The summed E-state index contributed by atoms with van der Waals surface area (Å²) in [6, 6.07) is 2.22. The van der Waals surface area contributed by atoms with Crippen LogP contribution in [0.4, 0.5) is 0 Å². The number of hydrogen-bond donors (Lipinski definition) is 1. The fourth-order valence-corrected chi connectivity index (χ4v) is 2.15. The largest absolute Gasteiger partial charge is 0.369 e. The molecule has 0 aromatic carbocycles. The average Bonchev–Trinajstić information content (AvgIpc) is 3.10. The third kappa shape index (κ3) is 2.41. The Labute approximate surface area is 101 Å². The zero-order valence-corrected chi connectivity index (χ0v) is 9.69. The third-order valence-corrected chi connectivity index (χ3v) is 3.67. The maximum absolute atomic E-state index is 11.9. The Morgan fingerprint density at radius 1 is 1.35 bits per heavy atom. The van der Waals surface area contributed by atoms with Crippen molar-refractivity contribution < 1.29 is 9.59 Å². The second kappa shape index (κ2) is 4.36. The van der Waals surface area contributed by atoms with Gasteiger partial charge in [-0.15, -0.1) is 0 Å². The maximum Gasteiger partial charge on any atom is 0.227 e. The van der Waals surface area contributed by atoms with Gasteiger partial charge < -0.3 is 10.6 Å². The Morgan fingerprint density at radius 2 is 1.94 bits per heavy atom. The molecule has 0 bridgehead atoms. The molecule has 5 nitrogen and oxygen atoms in total. The zero-order chi connectivity index (χ0) is 12.5. The number of carbonyl (C=O) groups excluding carboxylic acids is 2. The summed E-state index contributed by atoms with van der Waals surface area (Å²) in [5.74, 6) is -0.458. The Hall–Kier alpha value is -1.57. The first-order chi connectivity index (χ1) is 8.07. The lowest BCUT2D eigenvalue weighted by atomic mass is 9.96. The summed E-state index contributed by atoms with van der Waals surface area (Å²) in [6.07, 6.45) is 4.28. The first-order valence-corrected chi connectivity index (χ1v) is 5.92. The quantitative estimate of drug-likeness (QED) is 0.757. The van der Waals surface area contributed by atoms with E-state index in [9.17, 15) is 9.59 Å². The van der Waals surface area contributed by atoms with E-state index in [0.717, 1.165) is 12.8 Å². The van der Waals surface area contributed by atoms with Crippen molar-refractivity contribution in [2.24, 2.45) is 17.1 Å². The molecule has 1 saturated heterocycles. The highest BCUT2D eigenvalue weighted by Crippen LogP contribution is 2.48. The number of rotatable bonds is 3. The Morgan fingerprint density at radius 3 is 2.35 bits per heavy atom. The lowest BCUT2D eigenvalue weighted by molar-refractivity contribution is -0.132. The molecule has 1 aliphatic heterocycles. The van der Waals surface area contributed by atoms with Gasteiger partial charge in [0.1, 0.15) is 0 Å². The lowest BCUT2D eigenvalue weighted by Crippen LogP contribution is -2.41. The van der Waals surface area contributed by atoms with Gasteiger partial charge in [-0.05, 0) is 25.7 Å². The molecular formula is C12H16N3O2. The maximum atomic E-state index is 11.9. The van der Waals surface area contributed by atoms with Crippen LogP contribution in [0.2, 0.25) is 0 Å². The van der Waals surface area contributed by atoms with Gasteiger partial charge in [0.2, 0.25) is 11.8 Å². The van der Waals surface area contributed by atoms with Crippen LogP contribution in [0, 0.1) is 29.1 Å². The van der Waals surface area contributed by atoms with Gasteiger partial charge in [-0.25, -0.2) is 0 Å². The van der Waals surface area contributed by atoms with Crippen molar-refractivity contribution in [2.75, 3.05) is 13.1 Å². The number of carbonyl (C=O) groups is 2. The minimum absolute atomic E-state index is 0.0603. The number of amides is 2. The predicted octanol–water partition coefficient (Wildman–Crippen LogP) is 0.218. The Bertz CT molecular complexity index is 374. The first-order valence-electron chi connectivity index (χ1n) is 5.92. The number of nitriles is 1. The lowest BCUT2D eigenvalue weighted by Gasteiger charge is -2.30. The van der Waals surface area contributed by atoms with E-state index in [0.29, 0.717) is 25.9 Å². The minimum Gasteiger partial charge on any atom is -0.369 e. The van der Waals surface area contributed by atoms with Gasteiger partial charge in [0, 0.05) is 19.0 Å². The number of nitrogens with two attached hydrogens (primary N) is 1. The second-order valence-corrected chi connectivity index (χ2v) is 4.89. The normalized spacial score (nSPS) is 22.9. The summed E-state index contributed by atoms with van der Waals surface area (Å²) in [6.45, 7) is 1.20. The van der Waals surface area contributed by atoms with E-state index < -0.39 is 11.3 Å². The Kier molecular flexibility index (Phi) is 3.05. The van der Waals surface area contributed by atoms with E-state index in [4.69, 9.17) is 11.0 Å². The molecule has 1 heterocycles. The van der Waals surface area contributed by atoms with Gasteiger partial charge >= 0.3 is 0 Å². The molecule has 0 unspecified atom stereocenters. The molecule has 0 atom stereocenters. The van der Waals surface area contributed by atoms with Crippen molar-refractivity contribution in [3.8, 4) is 6.07 Å². The van der Waals surface area contributed by atoms with Crippen LogP contribution in [-0.2, 0) is 9.59 Å². The molecule has 5 heteroatoms. The van der Waals surface area contributed by atoms with Crippen LogP contribution >= 0.6 is 0 Å². The molecule has 91 valence electrons. The molecule has 17 heavy (non-hydrogen) atoms. The van der Waals surface area contributed by atoms with Gasteiger partial charge in [0.25, 0.3) is 0 Å². The van der Waals surface area contributed by atoms with Crippen molar-refractivity contribution >= 4 is 11.8 Å². The number of piperidine rings is 1. The molecule has 0 aromatic heterocycles. The summed E-state index contributed by atoms with van der Waals surface area (Å²) >= 11 is 0. The summed E-state index contributed by atoms with van der Waals surface area (Å²) in [7, 11) is 0. The molecule has 2 aliphatic rings. The van der Waals surface area contributed by atoms with E-state index in [1.807, 2.05) is 0 Å². The number of hydrogen-bond acceptors (Lipinski definition) is 3. The molecule has 2 rings (SSSR count). The van der Waals surface area contributed by atoms with Gasteiger partial charge in [0.15, 0.2) is 0 Å². The fraction of sp³-hybridized carbons (Fsp3) is 0.667. The second-order valence-electron chi connectivity index (χ2n) is 4.89. The topological polar surface area (TPSA) is 87.2 Å². The highest BCUT2D eigenvalue weighted by atomic mass is 16.2. The molecule has 0 spiro atoms. The average molecular weight is 234 g/mol. The van der Waals surface area contributed by atoms with E-state index in [2.05, 4.69) is 6.07 Å². The SMILES string of the molecule is N#CC1CCN(C(=O)[CH]C2(C(N)=O)CC2)CC1. The minimum atomic E-state index is -0.677. The molecule has 2 fully saturated rings. The summed E-state index contributed by atoms with van der Waals surface area (Å²) in [4.78, 5) is 24.8. The van der Waals surface area contributed by atoms with Gasteiger partial charge in [-0.2, -0.15) is 5.26 Å². The van der Waals surface area contributed by atoms with E-state index in [1.54, 1.807) is 4.90 Å². The predicted molar refractivity (Wildman–Crippen MR) is 60.1 cm³/mol. The summed E-state index contributed by atoms with van der Waals surface area (Å²) in [5.41, 5.74) is 4.59. The van der Waals surface area contributed by atoms with Crippen molar-refractivity contribution in [2.45, 2.75) is 25.7 Å². The van der Waals surface area contributed by atoms with E-state index >= 15 is 0 Å². The number of nitrogens with zero attached hydrogens (tertiary/aromatic N) is 2. The number of primary amides is 1. The van der Waals surface area contributed by atoms with Crippen LogP contribution in [-0.4, -0.2) is 29.8 Å². The van der Waals surface area contributed by atoms with Crippen molar-refractivity contribution in [1.29, 1.82) is 5.26 Å². The zero-order valence-electron chi connectivity index (χ0n) is 9.69. The molecule has 2 N–H and O–H groups in total. The number of likely N-dealkylation sites (tertiary alicyclic amines) is 1. The van der Waals surface area contributed by atoms with E-state index in [1.165, 1.54) is 6.42 Å². The molecule has 0 aromatic rings. The van der Waals surface area contributed by atoms with Crippen molar-refractivity contribution in [1.82, 2.24) is 4.90 Å². The van der Waals surface area contributed by atoms with Crippen LogP contribution < -0.4 is 5.73 Å².